The summed E-state index contributed by atoms with van der Waals surface area (Å²) >= 11 is 0. The SMILES string of the molecule is CCC(C)Nc1ccnc(C(=O)NCCc2ccccc2F)c1. The third kappa shape index (κ3) is 5.06. The number of halogens is 1. The average molecular weight is 315 g/mol. The van der Waals surface area contributed by atoms with Gasteiger partial charge in [0, 0.05) is 24.5 Å². The zero-order valence-electron chi connectivity index (χ0n) is 13.5. The third-order valence-corrected chi connectivity index (χ3v) is 3.66. The highest BCUT2D eigenvalue weighted by Gasteiger charge is 2.09. The molecule has 2 rings (SSSR count). The number of carbonyl (C=O) groups excluding carboxylic acids is 1. The zero-order valence-corrected chi connectivity index (χ0v) is 13.5. The third-order valence-electron chi connectivity index (χ3n) is 3.66. The highest BCUT2D eigenvalue weighted by atomic mass is 19.1. The fourth-order valence-corrected chi connectivity index (χ4v) is 2.13. The molecule has 0 radical (unpaired) electrons. The molecule has 0 aliphatic carbocycles. The van der Waals surface area contributed by atoms with E-state index in [2.05, 4.69) is 29.5 Å². The maximum absolute atomic E-state index is 13.5. The molecule has 1 aromatic heterocycles. The van der Waals surface area contributed by atoms with Gasteiger partial charge in [0.1, 0.15) is 11.5 Å². The molecule has 2 N–H and O–H groups in total. The first kappa shape index (κ1) is 16.9. The number of nitrogens with one attached hydrogen (secondary N) is 2. The van der Waals surface area contributed by atoms with Crippen molar-refractivity contribution in [2.75, 3.05) is 11.9 Å². The summed E-state index contributed by atoms with van der Waals surface area (Å²) in [4.78, 5) is 16.2. The van der Waals surface area contributed by atoms with Crippen LogP contribution in [0.5, 0.6) is 0 Å². The van der Waals surface area contributed by atoms with E-state index < -0.39 is 0 Å². The summed E-state index contributed by atoms with van der Waals surface area (Å²) in [6.07, 6.45) is 3.05. The van der Waals surface area contributed by atoms with Crippen LogP contribution in [0.15, 0.2) is 42.6 Å². The molecule has 0 saturated carbocycles. The second-order valence-corrected chi connectivity index (χ2v) is 5.48. The van der Waals surface area contributed by atoms with Crippen molar-refractivity contribution in [3.8, 4) is 0 Å². The van der Waals surface area contributed by atoms with Crippen LogP contribution in [0.25, 0.3) is 0 Å². The Bertz CT molecular complexity index is 660. The van der Waals surface area contributed by atoms with Gasteiger partial charge in [0.05, 0.1) is 0 Å². The van der Waals surface area contributed by atoms with Crippen molar-refractivity contribution in [3.05, 3.63) is 59.7 Å². The van der Waals surface area contributed by atoms with Crippen LogP contribution in [-0.4, -0.2) is 23.5 Å². The van der Waals surface area contributed by atoms with Gasteiger partial charge >= 0.3 is 0 Å². The van der Waals surface area contributed by atoms with E-state index in [1.807, 2.05) is 6.07 Å². The number of hydrogen-bond acceptors (Lipinski definition) is 3. The van der Waals surface area contributed by atoms with Gasteiger partial charge in [-0.15, -0.1) is 0 Å². The predicted molar refractivity (Wildman–Crippen MR) is 90.0 cm³/mol. The normalized spacial score (nSPS) is 11.8. The quantitative estimate of drug-likeness (QED) is 0.823. The number of amides is 1. The molecule has 0 aliphatic heterocycles. The van der Waals surface area contributed by atoms with Gasteiger partial charge in [-0.2, -0.15) is 0 Å². The Hall–Kier alpha value is -2.43. The van der Waals surface area contributed by atoms with Crippen molar-refractivity contribution in [2.45, 2.75) is 32.7 Å². The molecule has 0 bridgehead atoms. The van der Waals surface area contributed by atoms with Gasteiger partial charge in [0.15, 0.2) is 0 Å². The molecule has 5 heteroatoms. The molecule has 1 amide bonds. The number of nitrogens with zero attached hydrogens (tertiary/aromatic N) is 1. The summed E-state index contributed by atoms with van der Waals surface area (Å²) in [7, 11) is 0. The number of anilines is 1. The van der Waals surface area contributed by atoms with E-state index in [9.17, 15) is 9.18 Å². The smallest absolute Gasteiger partial charge is 0.269 e. The molecule has 0 saturated heterocycles. The molecule has 122 valence electrons. The molecule has 1 atom stereocenters. The second-order valence-electron chi connectivity index (χ2n) is 5.48. The first-order chi connectivity index (χ1) is 11.1. The molecule has 23 heavy (non-hydrogen) atoms. The average Bonchev–Trinajstić information content (AvgIpc) is 2.56. The molecule has 0 spiro atoms. The van der Waals surface area contributed by atoms with Gasteiger partial charge < -0.3 is 10.6 Å². The Balaban J connectivity index is 1.90. The maximum Gasteiger partial charge on any atom is 0.269 e. The van der Waals surface area contributed by atoms with E-state index in [-0.39, 0.29) is 11.7 Å². The van der Waals surface area contributed by atoms with Crippen LogP contribution >= 0.6 is 0 Å². The van der Waals surface area contributed by atoms with Crippen LogP contribution in [0.1, 0.15) is 36.3 Å². The van der Waals surface area contributed by atoms with Crippen molar-refractivity contribution in [1.29, 1.82) is 0 Å². The van der Waals surface area contributed by atoms with Gasteiger partial charge in [0.2, 0.25) is 0 Å². The largest absolute Gasteiger partial charge is 0.382 e. The Kier molecular flexibility index (Phi) is 6.09. The second kappa shape index (κ2) is 8.27. The van der Waals surface area contributed by atoms with Crippen LogP contribution in [0, 0.1) is 5.82 Å². The van der Waals surface area contributed by atoms with Gasteiger partial charge in [0.25, 0.3) is 5.91 Å². The van der Waals surface area contributed by atoms with Crippen molar-refractivity contribution < 1.29 is 9.18 Å². The molecule has 4 nitrogen and oxygen atoms in total. The lowest BCUT2D eigenvalue weighted by molar-refractivity contribution is 0.0949. The molecule has 0 aliphatic rings. The minimum atomic E-state index is -0.255. The first-order valence-electron chi connectivity index (χ1n) is 7.84. The van der Waals surface area contributed by atoms with Crippen LogP contribution in [0.2, 0.25) is 0 Å². The van der Waals surface area contributed by atoms with Crippen molar-refractivity contribution >= 4 is 11.6 Å². The summed E-state index contributed by atoms with van der Waals surface area (Å²) in [5.74, 6) is -0.506. The number of rotatable bonds is 7. The first-order valence-corrected chi connectivity index (χ1v) is 7.84. The zero-order chi connectivity index (χ0) is 16.7. The van der Waals surface area contributed by atoms with Crippen LogP contribution in [0.3, 0.4) is 0 Å². The molecule has 1 heterocycles. The monoisotopic (exact) mass is 315 g/mol. The predicted octanol–water partition coefficient (Wildman–Crippen LogP) is 3.40. The van der Waals surface area contributed by atoms with Crippen LogP contribution in [0.4, 0.5) is 10.1 Å². The fourth-order valence-electron chi connectivity index (χ4n) is 2.13. The number of benzene rings is 1. The fraction of sp³-hybridized carbons (Fsp3) is 0.333. The lowest BCUT2D eigenvalue weighted by Crippen LogP contribution is -2.27. The van der Waals surface area contributed by atoms with E-state index in [1.54, 1.807) is 30.5 Å². The maximum atomic E-state index is 13.5. The van der Waals surface area contributed by atoms with Crippen molar-refractivity contribution in [1.82, 2.24) is 10.3 Å². The van der Waals surface area contributed by atoms with Crippen LogP contribution in [-0.2, 0) is 6.42 Å². The molecule has 2 aromatic rings. The lowest BCUT2D eigenvalue weighted by atomic mass is 10.1. The summed E-state index contributed by atoms with van der Waals surface area (Å²) in [6.45, 7) is 4.54. The minimum Gasteiger partial charge on any atom is -0.382 e. The Morgan fingerprint density at radius 2 is 2.09 bits per heavy atom. The summed E-state index contributed by atoms with van der Waals surface area (Å²) in [5, 5.41) is 6.08. The molecule has 1 aromatic carbocycles. The lowest BCUT2D eigenvalue weighted by Gasteiger charge is -2.13. The summed E-state index contributed by atoms with van der Waals surface area (Å²) < 4.78 is 13.5. The van der Waals surface area contributed by atoms with E-state index in [0.717, 1.165) is 12.1 Å². The van der Waals surface area contributed by atoms with E-state index in [0.29, 0.717) is 30.3 Å². The molecular weight excluding hydrogens is 293 g/mol. The number of hydrogen-bond donors (Lipinski definition) is 2. The van der Waals surface area contributed by atoms with Gasteiger partial charge in [-0.1, -0.05) is 25.1 Å². The van der Waals surface area contributed by atoms with Crippen LogP contribution < -0.4 is 10.6 Å². The highest BCUT2D eigenvalue weighted by Crippen LogP contribution is 2.11. The van der Waals surface area contributed by atoms with Gasteiger partial charge in [-0.05, 0) is 43.5 Å². The Morgan fingerprint density at radius 1 is 1.30 bits per heavy atom. The number of aromatic nitrogens is 1. The van der Waals surface area contributed by atoms with E-state index in [4.69, 9.17) is 0 Å². The number of carbonyl (C=O) groups is 1. The summed E-state index contributed by atoms with van der Waals surface area (Å²) in [5.41, 5.74) is 1.81. The van der Waals surface area contributed by atoms with Crippen molar-refractivity contribution in [2.24, 2.45) is 0 Å². The van der Waals surface area contributed by atoms with Gasteiger partial charge in [-0.3, -0.25) is 9.78 Å². The van der Waals surface area contributed by atoms with Crippen molar-refractivity contribution in [3.63, 3.8) is 0 Å². The minimum absolute atomic E-state index is 0.250. The Morgan fingerprint density at radius 3 is 2.83 bits per heavy atom. The standard InChI is InChI=1S/C18H22FN3O/c1-3-13(2)22-15-9-11-20-17(12-15)18(23)21-10-8-14-6-4-5-7-16(14)19/h4-7,9,11-13H,3,8,10H2,1-2H3,(H,20,22)(H,21,23). The molecule has 1 unspecified atom stereocenters. The summed E-state index contributed by atoms with van der Waals surface area (Å²) in [6, 6.07) is 10.5. The topological polar surface area (TPSA) is 54.0 Å². The van der Waals surface area contributed by atoms with E-state index >= 15 is 0 Å². The Labute approximate surface area is 136 Å². The number of pyridine rings is 1. The van der Waals surface area contributed by atoms with E-state index in [1.165, 1.54) is 6.07 Å². The molecular formula is C18H22FN3O. The molecule has 0 fully saturated rings. The van der Waals surface area contributed by atoms with Gasteiger partial charge in [-0.25, -0.2) is 4.39 Å². The highest BCUT2D eigenvalue weighted by molar-refractivity contribution is 5.93.